The molecule has 226 valence electrons. The second-order valence-corrected chi connectivity index (χ2v) is 11.9. The molecule has 2 N–H and O–H groups in total. The molecule has 0 unspecified atom stereocenters. The van der Waals surface area contributed by atoms with Crippen LogP contribution in [0.1, 0.15) is 194 Å². The van der Waals surface area contributed by atoms with Crippen molar-refractivity contribution in [3.05, 3.63) is 0 Å². The van der Waals surface area contributed by atoms with Crippen LogP contribution in [0.15, 0.2) is 0 Å². The van der Waals surface area contributed by atoms with Crippen molar-refractivity contribution in [2.45, 2.75) is 200 Å². The summed E-state index contributed by atoms with van der Waals surface area (Å²) >= 11 is 0. The van der Waals surface area contributed by atoms with Crippen LogP contribution in [-0.4, -0.2) is 24.4 Å². The van der Waals surface area contributed by atoms with Gasteiger partial charge in [0.05, 0.1) is 0 Å². The van der Waals surface area contributed by atoms with E-state index >= 15 is 0 Å². The molecule has 4 heteroatoms. The van der Waals surface area contributed by atoms with E-state index in [-0.39, 0.29) is 17.9 Å². The molecule has 0 spiro atoms. The third-order valence-corrected chi connectivity index (χ3v) is 7.81. The van der Waals surface area contributed by atoms with Gasteiger partial charge in [-0.15, -0.1) is 0 Å². The van der Waals surface area contributed by atoms with E-state index < -0.39 is 0 Å². The summed E-state index contributed by atoms with van der Waals surface area (Å²) in [4.78, 5) is 24.2. The molecule has 0 fully saturated rings. The van der Waals surface area contributed by atoms with Crippen LogP contribution in [0.5, 0.6) is 0 Å². The Kier molecular flexibility index (Phi) is 29.6. The van der Waals surface area contributed by atoms with Gasteiger partial charge in [-0.3, -0.25) is 9.59 Å². The fourth-order valence-corrected chi connectivity index (χ4v) is 5.21. The van der Waals surface area contributed by atoms with Crippen molar-refractivity contribution < 1.29 is 9.59 Å². The lowest BCUT2D eigenvalue weighted by molar-refractivity contribution is -0.122. The Hall–Kier alpha value is -1.06. The fraction of sp³-hybridized carbons (Fsp3) is 0.941. The van der Waals surface area contributed by atoms with Crippen LogP contribution in [0.25, 0.3) is 0 Å². The van der Waals surface area contributed by atoms with Crippen LogP contribution < -0.4 is 10.6 Å². The van der Waals surface area contributed by atoms with E-state index in [1.165, 1.54) is 128 Å². The van der Waals surface area contributed by atoms with Crippen LogP contribution in [0.3, 0.4) is 0 Å². The van der Waals surface area contributed by atoms with E-state index in [9.17, 15) is 9.59 Å². The molecule has 0 heterocycles. The standard InChI is InChI=1S/C34H68N2O2/c1-4-6-8-10-12-14-16-18-20-22-24-29-33(37)35-31-27-26-28-32(3)36-34(38)30-25-23-21-19-17-15-13-11-9-7-5-2/h32H,4-31H2,1-3H3,(H,35,37)(H,36,38)/t32-/m1/s1. The van der Waals surface area contributed by atoms with Gasteiger partial charge in [-0.2, -0.15) is 0 Å². The maximum absolute atomic E-state index is 12.2. The van der Waals surface area contributed by atoms with Gasteiger partial charge >= 0.3 is 0 Å². The Balaban J connectivity index is 3.39. The average molecular weight is 537 g/mol. The van der Waals surface area contributed by atoms with Crippen molar-refractivity contribution in [3.8, 4) is 0 Å². The molecule has 2 amide bonds. The fourth-order valence-electron chi connectivity index (χ4n) is 5.21. The van der Waals surface area contributed by atoms with E-state index in [1.54, 1.807) is 0 Å². The lowest BCUT2D eigenvalue weighted by Crippen LogP contribution is -2.32. The molecule has 0 aliphatic heterocycles. The van der Waals surface area contributed by atoms with E-state index in [2.05, 4.69) is 31.4 Å². The molecule has 0 radical (unpaired) electrons. The molecule has 0 rings (SSSR count). The molecule has 0 bridgehead atoms. The number of nitrogens with one attached hydrogen (secondary N) is 2. The lowest BCUT2D eigenvalue weighted by Gasteiger charge is -2.14. The van der Waals surface area contributed by atoms with Gasteiger partial charge in [-0.25, -0.2) is 0 Å². The highest BCUT2D eigenvalue weighted by Gasteiger charge is 2.07. The zero-order valence-electron chi connectivity index (χ0n) is 26.2. The highest BCUT2D eigenvalue weighted by molar-refractivity contribution is 5.76. The lowest BCUT2D eigenvalue weighted by atomic mass is 10.0. The van der Waals surface area contributed by atoms with Crippen molar-refractivity contribution >= 4 is 11.8 Å². The molecule has 4 nitrogen and oxygen atoms in total. The first-order valence-electron chi connectivity index (χ1n) is 17.2. The Morgan fingerprint density at radius 2 is 0.842 bits per heavy atom. The Morgan fingerprint density at radius 1 is 0.474 bits per heavy atom. The highest BCUT2D eigenvalue weighted by atomic mass is 16.2. The Labute approximate surface area is 238 Å². The molecule has 0 saturated carbocycles. The van der Waals surface area contributed by atoms with Gasteiger partial charge in [0.1, 0.15) is 0 Å². The molecule has 0 aromatic carbocycles. The monoisotopic (exact) mass is 537 g/mol. The van der Waals surface area contributed by atoms with E-state index in [0.29, 0.717) is 12.8 Å². The minimum absolute atomic E-state index is 0.203. The van der Waals surface area contributed by atoms with Crippen LogP contribution in [0.4, 0.5) is 0 Å². The summed E-state index contributed by atoms with van der Waals surface area (Å²) in [5, 5.41) is 6.22. The molecule has 0 aliphatic carbocycles. The summed E-state index contributed by atoms with van der Waals surface area (Å²) < 4.78 is 0. The maximum Gasteiger partial charge on any atom is 0.220 e. The normalized spacial score (nSPS) is 12.0. The zero-order valence-corrected chi connectivity index (χ0v) is 26.2. The van der Waals surface area contributed by atoms with Crippen LogP contribution >= 0.6 is 0 Å². The molecule has 38 heavy (non-hydrogen) atoms. The van der Waals surface area contributed by atoms with Crippen molar-refractivity contribution in [1.82, 2.24) is 10.6 Å². The van der Waals surface area contributed by atoms with Crippen molar-refractivity contribution in [2.24, 2.45) is 0 Å². The summed E-state index contributed by atoms with van der Waals surface area (Å²) in [6, 6.07) is 0.224. The summed E-state index contributed by atoms with van der Waals surface area (Å²) in [5.74, 6) is 0.406. The SMILES string of the molecule is CCCCCCCCCCCCCC(=O)NCCCC[C@@H](C)NC(=O)CCCCCCCCCCCCC. The minimum Gasteiger partial charge on any atom is -0.356 e. The summed E-state index contributed by atoms with van der Waals surface area (Å²) in [7, 11) is 0. The first-order valence-corrected chi connectivity index (χ1v) is 17.2. The number of carbonyl (C=O) groups excluding carboxylic acids is 2. The predicted molar refractivity (Wildman–Crippen MR) is 167 cm³/mol. The second-order valence-electron chi connectivity index (χ2n) is 11.9. The number of amides is 2. The van der Waals surface area contributed by atoms with Gasteiger partial charge in [0.2, 0.25) is 11.8 Å². The smallest absolute Gasteiger partial charge is 0.220 e. The molecular formula is C34H68N2O2. The van der Waals surface area contributed by atoms with E-state index in [0.717, 1.165) is 38.6 Å². The molecule has 0 aromatic rings. The van der Waals surface area contributed by atoms with Crippen molar-refractivity contribution in [2.75, 3.05) is 6.54 Å². The third kappa shape index (κ3) is 29.5. The van der Waals surface area contributed by atoms with Gasteiger partial charge in [-0.1, -0.05) is 142 Å². The van der Waals surface area contributed by atoms with Gasteiger partial charge < -0.3 is 10.6 Å². The van der Waals surface area contributed by atoms with Crippen LogP contribution in [0, 0.1) is 0 Å². The Morgan fingerprint density at radius 3 is 1.26 bits per heavy atom. The molecule has 0 aromatic heterocycles. The van der Waals surface area contributed by atoms with Gasteiger partial charge in [0.25, 0.3) is 0 Å². The van der Waals surface area contributed by atoms with E-state index in [1.807, 2.05) is 0 Å². The topological polar surface area (TPSA) is 58.2 Å². The summed E-state index contributed by atoms with van der Waals surface area (Å²) in [6.07, 6.45) is 33.2. The van der Waals surface area contributed by atoms with E-state index in [4.69, 9.17) is 0 Å². The van der Waals surface area contributed by atoms with Crippen molar-refractivity contribution in [1.29, 1.82) is 0 Å². The predicted octanol–water partition coefficient (Wildman–Crippen LogP) is 10.2. The number of hydrogen-bond acceptors (Lipinski definition) is 2. The molecule has 1 atom stereocenters. The summed E-state index contributed by atoms with van der Waals surface area (Å²) in [5.41, 5.74) is 0. The number of rotatable bonds is 30. The number of hydrogen-bond donors (Lipinski definition) is 2. The molecular weight excluding hydrogens is 468 g/mol. The van der Waals surface area contributed by atoms with Crippen molar-refractivity contribution in [3.63, 3.8) is 0 Å². The maximum atomic E-state index is 12.2. The molecule has 0 aliphatic rings. The van der Waals surface area contributed by atoms with Gasteiger partial charge in [-0.05, 0) is 39.0 Å². The second kappa shape index (κ2) is 30.5. The quantitative estimate of drug-likeness (QED) is 0.0897. The third-order valence-electron chi connectivity index (χ3n) is 7.81. The number of unbranched alkanes of at least 4 members (excludes halogenated alkanes) is 21. The molecule has 0 saturated heterocycles. The van der Waals surface area contributed by atoms with Crippen LogP contribution in [-0.2, 0) is 9.59 Å². The highest BCUT2D eigenvalue weighted by Crippen LogP contribution is 2.13. The Bertz CT molecular complexity index is 509. The first-order chi connectivity index (χ1) is 18.6. The minimum atomic E-state index is 0.203. The van der Waals surface area contributed by atoms with Crippen LogP contribution in [0.2, 0.25) is 0 Å². The number of carbonyl (C=O) groups is 2. The first kappa shape index (κ1) is 36.9. The summed E-state index contributed by atoms with van der Waals surface area (Å²) in [6.45, 7) is 7.40. The zero-order chi connectivity index (χ0) is 27.9. The van der Waals surface area contributed by atoms with Gasteiger partial charge in [0.15, 0.2) is 0 Å². The average Bonchev–Trinajstić information content (AvgIpc) is 2.90. The van der Waals surface area contributed by atoms with Gasteiger partial charge in [0, 0.05) is 25.4 Å². The largest absolute Gasteiger partial charge is 0.356 e.